The number of hydrogen-bond acceptors (Lipinski definition) is 3. The van der Waals surface area contributed by atoms with E-state index in [0.29, 0.717) is 25.4 Å². The van der Waals surface area contributed by atoms with Gasteiger partial charge >= 0.3 is 0 Å². The van der Waals surface area contributed by atoms with Crippen LogP contribution in [0, 0.1) is 11.3 Å². The maximum Gasteiger partial charge on any atom is 0.234 e. The van der Waals surface area contributed by atoms with Gasteiger partial charge in [-0.05, 0) is 56.6 Å². The van der Waals surface area contributed by atoms with Gasteiger partial charge < -0.3 is 10.2 Å². The summed E-state index contributed by atoms with van der Waals surface area (Å²) in [6, 6.07) is 10.3. The Bertz CT molecular complexity index is 688. The molecule has 2 heterocycles. The molecule has 5 nitrogen and oxygen atoms in total. The Morgan fingerprint density at radius 1 is 1.14 bits per heavy atom. The maximum atomic E-state index is 12.4. The first kappa shape index (κ1) is 19.4. The van der Waals surface area contributed by atoms with Crippen molar-refractivity contribution < 1.29 is 9.59 Å². The number of amides is 2. The van der Waals surface area contributed by atoms with Gasteiger partial charge in [0.15, 0.2) is 0 Å². The molecular weight excluding hydrogens is 350 g/mol. The summed E-state index contributed by atoms with van der Waals surface area (Å²) >= 11 is 0. The van der Waals surface area contributed by atoms with E-state index in [1.54, 1.807) is 0 Å². The zero-order valence-corrected chi connectivity index (χ0v) is 16.9. The average Bonchev–Trinajstić information content (AvgIpc) is 3.50. The van der Waals surface area contributed by atoms with Gasteiger partial charge in [0, 0.05) is 38.0 Å². The molecule has 0 bridgehead atoms. The van der Waals surface area contributed by atoms with Gasteiger partial charge in [0.25, 0.3) is 0 Å². The SMILES string of the molecule is O=C(CN1CCC[C@]2(CCC(=O)N(CC3CC3)C2)C1)NCCc1ccccc1. The standard InChI is InChI=1S/C23H33N3O2/c27-21(24-13-10-19-5-2-1-3-6-19)16-25-14-4-11-23(17-25)12-9-22(28)26(18-23)15-20-7-8-20/h1-3,5-6,20H,4,7-18H2,(H,24,27)/t23-/m0/s1. The second-order valence-electron chi connectivity index (χ2n) is 9.12. The van der Waals surface area contributed by atoms with E-state index in [9.17, 15) is 9.59 Å². The molecule has 152 valence electrons. The Hall–Kier alpha value is -1.88. The highest BCUT2D eigenvalue weighted by molar-refractivity contribution is 5.78. The lowest BCUT2D eigenvalue weighted by Crippen LogP contribution is -2.55. The Kier molecular flexibility index (Phi) is 6.00. The van der Waals surface area contributed by atoms with Crippen LogP contribution in [0.1, 0.15) is 44.1 Å². The molecule has 2 aliphatic heterocycles. The molecule has 0 radical (unpaired) electrons. The molecule has 0 unspecified atom stereocenters. The molecule has 1 spiro atoms. The van der Waals surface area contributed by atoms with Crippen molar-refractivity contribution in [3.8, 4) is 0 Å². The molecule has 1 saturated carbocycles. The minimum Gasteiger partial charge on any atom is -0.355 e. The second kappa shape index (κ2) is 8.64. The zero-order chi connectivity index (χ0) is 19.4. The van der Waals surface area contributed by atoms with Crippen molar-refractivity contribution in [2.75, 3.05) is 39.3 Å². The number of piperidine rings is 2. The number of benzene rings is 1. The lowest BCUT2D eigenvalue weighted by atomic mass is 9.73. The van der Waals surface area contributed by atoms with Crippen molar-refractivity contribution in [2.45, 2.75) is 44.9 Å². The van der Waals surface area contributed by atoms with E-state index in [4.69, 9.17) is 0 Å². The summed E-state index contributed by atoms with van der Waals surface area (Å²) in [7, 11) is 0. The molecule has 0 aromatic heterocycles. The molecule has 3 aliphatic rings. The molecule has 1 aliphatic carbocycles. The van der Waals surface area contributed by atoms with Crippen LogP contribution in [-0.4, -0.2) is 60.9 Å². The quantitative estimate of drug-likeness (QED) is 0.787. The lowest BCUT2D eigenvalue weighted by Gasteiger charge is -2.48. The number of nitrogens with zero attached hydrogens (tertiary/aromatic N) is 2. The number of carbonyl (C=O) groups excluding carboxylic acids is 2. The largest absolute Gasteiger partial charge is 0.355 e. The molecule has 1 N–H and O–H groups in total. The molecular formula is C23H33N3O2. The molecule has 2 saturated heterocycles. The van der Waals surface area contributed by atoms with E-state index in [1.165, 1.54) is 24.8 Å². The number of likely N-dealkylation sites (tertiary alicyclic amines) is 2. The summed E-state index contributed by atoms with van der Waals surface area (Å²) in [5.41, 5.74) is 1.45. The maximum absolute atomic E-state index is 12.4. The van der Waals surface area contributed by atoms with Crippen LogP contribution in [0.15, 0.2) is 30.3 Å². The summed E-state index contributed by atoms with van der Waals surface area (Å²) in [6.07, 6.45) is 7.42. The monoisotopic (exact) mass is 383 g/mol. The second-order valence-corrected chi connectivity index (χ2v) is 9.12. The number of nitrogens with one attached hydrogen (secondary N) is 1. The van der Waals surface area contributed by atoms with Crippen LogP contribution in [0.4, 0.5) is 0 Å². The summed E-state index contributed by atoms with van der Waals surface area (Å²) in [6.45, 7) is 4.96. The van der Waals surface area contributed by atoms with Crippen molar-refractivity contribution in [3.63, 3.8) is 0 Å². The first-order chi connectivity index (χ1) is 13.6. The molecule has 2 amide bonds. The number of carbonyl (C=O) groups is 2. The molecule has 1 aromatic rings. The van der Waals surface area contributed by atoms with Crippen molar-refractivity contribution in [2.24, 2.45) is 11.3 Å². The third kappa shape index (κ3) is 5.13. The van der Waals surface area contributed by atoms with E-state index in [1.807, 2.05) is 18.2 Å². The zero-order valence-electron chi connectivity index (χ0n) is 16.9. The Labute approximate surface area is 168 Å². The molecule has 4 rings (SSSR count). The fraction of sp³-hybridized carbons (Fsp3) is 0.652. The van der Waals surface area contributed by atoms with Crippen LogP contribution in [0.3, 0.4) is 0 Å². The Morgan fingerprint density at radius 2 is 1.96 bits per heavy atom. The van der Waals surface area contributed by atoms with Gasteiger partial charge in [0.05, 0.1) is 6.54 Å². The van der Waals surface area contributed by atoms with E-state index in [-0.39, 0.29) is 11.3 Å². The fourth-order valence-corrected chi connectivity index (χ4v) is 4.91. The van der Waals surface area contributed by atoms with Gasteiger partial charge in [-0.1, -0.05) is 30.3 Å². The van der Waals surface area contributed by atoms with E-state index < -0.39 is 0 Å². The number of hydrogen-bond donors (Lipinski definition) is 1. The molecule has 5 heteroatoms. The van der Waals surface area contributed by atoms with E-state index in [2.05, 4.69) is 27.2 Å². The third-order valence-electron chi connectivity index (χ3n) is 6.61. The first-order valence-electron chi connectivity index (χ1n) is 10.9. The highest BCUT2D eigenvalue weighted by Gasteiger charge is 2.42. The van der Waals surface area contributed by atoms with Crippen molar-refractivity contribution in [3.05, 3.63) is 35.9 Å². The van der Waals surface area contributed by atoms with Crippen LogP contribution < -0.4 is 5.32 Å². The summed E-state index contributed by atoms with van der Waals surface area (Å²) < 4.78 is 0. The van der Waals surface area contributed by atoms with Crippen LogP contribution >= 0.6 is 0 Å². The van der Waals surface area contributed by atoms with Crippen LogP contribution in [-0.2, 0) is 16.0 Å². The predicted octanol–water partition coefficient (Wildman–Crippen LogP) is 2.46. The minimum absolute atomic E-state index is 0.120. The summed E-state index contributed by atoms with van der Waals surface area (Å²) in [4.78, 5) is 29.2. The van der Waals surface area contributed by atoms with Gasteiger partial charge in [-0.25, -0.2) is 0 Å². The van der Waals surface area contributed by atoms with Crippen LogP contribution in [0.5, 0.6) is 0 Å². The summed E-state index contributed by atoms with van der Waals surface area (Å²) in [5.74, 6) is 1.21. The van der Waals surface area contributed by atoms with Gasteiger partial charge in [-0.2, -0.15) is 0 Å². The molecule has 1 aromatic carbocycles. The van der Waals surface area contributed by atoms with Crippen LogP contribution in [0.25, 0.3) is 0 Å². The number of rotatable bonds is 7. The minimum atomic E-state index is 0.120. The fourth-order valence-electron chi connectivity index (χ4n) is 4.91. The average molecular weight is 384 g/mol. The summed E-state index contributed by atoms with van der Waals surface area (Å²) in [5, 5.41) is 3.07. The highest BCUT2D eigenvalue weighted by atomic mass is 16.2. The Morgan fingerprint density at radius 3 is 2.75 bits per heavy atom. The van der Waals surface area contributed by atoms with Gasteiger partial charge in [0.2, 0.25) is 11.8 Å². The van der Waals surface area contributed by atoms with Crippen molar-refractivity contribution in [1.29, 1.82) is 0 Å². The molecule has 3 fully saturated rings. The molecule has 28 heavy (non-hydrogen) atoms. The van der Waals surface area contributed by atoms with Gasteiger partial charge in [0.1, 0.15) is 0 Å². The topological polar surface area (TPSA) is 52.7 Å². The van der Waals surface area contributed by atoms with Gasteiger partial charge in [-0.3, -0.25) is 14.5 Å². The van der Waals surface area contributed by atoms with Crippen LogP contribution in [0.2, 0.25) is 0 Å². The van der Waals surface area contributed by atoms with Gasteiger partial charge in [-0.15, -0.1) is 0 Å². The predicted molar refractivity (Wildman–Crippen MR) is 110 cm³/mol. The third-order valence-corrected chi connectivity index (χ3v) is 6.61. The lowest BCUT2D eigenvalue weighted by molar-refractivity contribution is -0.140. The van der Waals surface area contributed by atoms with E-state index in [0.717, 1.165) is 51.4 Å². The first-order valence-corrected chi connectivity index (χ1v) is 10.9. The van der Waals surface area contributed by atoms with Crippen molar-refractivity contribution in [1.82, 2.24) is 15.1 Å². The Balaban J connectivity index is 1.25. The molecule has 1 atom stereocenters. The normalized spacial score (nSPS) is 25.9. The van der Waals surface area contributed by atoms with Crippen molar-refractivity contribution >= 4 is 11.8 Å². The van der Waals surface area contributed by atoms with E-state index >= 15 is 0 Å². The highest BCUT2D eigenvalue weighted by Crippen LogP contribution is 2.40. The smallest absolute Gasteiger partial charge is 0.234 e.